The molecule has 1 saturated heterocycles. The van der Waals surface area contributed by atoms with Gasteiger partial charge in [0.1, 0.15) is 5.60 Å². The van der Waals surface area contributed by atoms with Crippen LogP contribution < -0.4 is 11.2 Å². The molecule has 124 valence electrons. The number of aryl methyl sites for hydroxylation is 1. The zero-order chi connectivity index (χ0) is 17.0. The monoisotopic (exact) mass is 317 g/mol. The lowest BCUT2D eigenvalue weighted by Gasteiger charge is -2.32. The van der Waals surface area contributed by atoms with Crippen LogP contribution in [0.1, 0.15) is 51.7 Å². The Morgan fingerprint density at radius 3 is 2.17 bits per heavy atom. The van der Waals surface area contributed by atoms with Gasteiger partial charge in [0.2, 0.25) is 0 Å². The van der Waals surface area contributed by atoms with E-state index in [0.717, 1.165) is 29.4 Å². The van der Waals surface area contributed by atoms with E-state index in [2.05, 4.69) is 0 Å². The van der Waals surface area contributed by atoms with Crippen molar-refractivity contribution in [3.05, 3.63) is 29.3 Å². The molecule has 1 saturated carbocycles. The minimum absolute atomic E-state index is 0.386. The van der Waals surface area contributed by atoms with Crippen molar-refractivity contribution in [2.75, 3.05) is 0 Å². The molecule has 0 spiro atoms. The SMILES string of the molecule is Cc1cc(B2OC(C)(C)C(C)(C)O2)cc(C2(OC(N)=O)CC2)c1. The molecule has 23 heavy (non-hydrogen) atoms. The average Bonchev–Trinajstić information content (AvgIpc) is 3.12. The average molecular weight is 317 g/mol. The molecule has 1 aliphatic heterocycles. The van der Waals surface area contributed by atoms with Crippen LogP contribution in [0.3, 0.4) is 0 Å². The molecular weight excluding hydrogens is 293 g/mol. The number of hydrogen-bond donors (Lipinski definition) is 1. The van der Waals surface area contributed by atoms with Crippen LogP contribution >= 0.6 is 0 Å². The maximum absolute atomic E-state index is 11.2. The van der Waals surface area contributed by atoms with Gasteiger partial charge in [0.15, 0.2) is 0 Å². The molecule has 2 aliphatic rings. The second-order valence-corrected chi connectivity index (χ2v) is 7.64. The molecule has 0 unspecified atom stereocenters. The summed E-state index contributed by atoms with van der Waals surface area (Å²) in [6.45, 7) is 10.1. The van der Waals surface area contributed by atoms with Gasteiger partial charge in [0.25, 0.3) is 0 Å². The number of carbonyl (C=O) groups excluding carboxylic acids is 1. The van der Waals surface area contributed by atoms with Crippen molar-refractivity contribution in [2.45, 2.75) is 64.3 Å². The smallest absolute Gasteiger partial charge is 0.438 e. The highest BCUT2D eigenvalue weighted by atomic mass is 16.7. The molecule has 1 aromatic carbocycles. The van der Waals surface area contributed by atoms with E-state index in [0.29, 0.717) is 0 Å². The van der Waals surface area contributed by atoms with Gasteiger partial charge in [-0.25, -0.2) is 4.79 Å². The lowest BCUT2D eigenvalue weighted by Crippen LogP contribution is -2.41. The Kier molecular flexibility index (Phi) is 3.54. The van der Waals surface area contributed by atoms with E-state index in [1.54, 1.807) is 0 Å². The Morgan fingerprint density at radius 1 is 1.13 bits per heavy atom. The summed E-state index contributed by atoms with van der Waals surface area (Å²) >= 11 is 0. The van der Waals surface area contributed by atoms with Crippen LogP contribution in [0.15, 0.2) is 18.2 Å². The maximum Gasteiger partial charge on any atom is 0.494 e. The highest BCUT2D eigenvalue weighted by molar-refractivity contribution is 6.62. The van der Waals surface area contributed by atoms with Gasteiger partial charge >= 0.3 is 13.2 Å². The lowest BCUT2D eigenvalue weighted by atomic mass is 9.77. The van der Waals surface area contributed by atoms with Gasteiger partial charge in [-0.3, -0.25) is 0 Å². The van der Waals surface area contributed by atoms with Crippen molar-refractivity contribution in [2.24, 2.45) is 5.73 Å². The van der Waals surface area contributed by atoms with Crippen LogP contribution in [0, 0.1) is 6.92 Å². The molecule has 1 amide bonds. The molecule has 1 heterocycles. The molecule has 5 nitrogen and oxygen atoms in total. The van der Waals surface area contributed by atoms with Crippen LogP contribution in [-0.2, 0) is 19.6 Å². The number of primary amides is 1. The number of nitrogens with two attached hydrogens (primary N) is 1. The fourth-order valence-electron chi connectivity index (χ4n) is 2.95. The van der Waals surface area contributed by atoms with E-state index in [9.17, 15) is 4.79 Å². The van der Waals surface area contributed by atoms with Gasteiger partial charge < -0.3 is 19.8 Å². The van der Waals surface area contributed by atoms with Crippen LogP contribution in [-0.4, -0.2) is 24.4 Å². The predicted molar refractivity (Wildman–Crippen MR) is 88.5 cm³/mol. The number of ether oxygens (including phenoxy) is 1. The summed E-state index contributed by atoms with van der Waals surface area (Å²) in [5.74, 6) is 0. The number of amides is 1. The topological polar surface area (TPSA) is 70.8 Å². The second-order valence-electron chi connectivity index (χ2n) is 7.64. The summed E-state index contributed by atoms with van der Waals surface area (Å²) in [5.41, 5.74) is 6.85. The summed E-state index contributed by atoms with van der Waals surface area (Å²) in [5, 5.41) is 0. The molecule has 0 bridgehead atoms. The minimum Gasteiger partial charge on any atom is -0.438 e. The zero-order valence-electron chi connectivity index (χ0n) is 14.4. The fraction of sp³-hybridized carbons (Fsp3) is 0.588. The van der Waals surface area contributed by atoms with E-state index in [1.807, 2.05) is 52.8 Å². The Hall–Kier alpha value is -1.53. The van der Waals surface area contributed by atoms with Gasteiger partial charge in [0, 0.05) is 0 Å². The number of hydrogen-bond acceptors (Lipinski definition) is 4. The van der Waals surface area contributed by atoms with E-state index < -0.39 is 18.8 Å². The fourth-order valence-corrected chi connectivity index (χ4v) is 2.95. The molecule has 0 radical (unpaired) electrons. The Labute approximate surface area is 137 Å². The summed E-state index contributed by atoms with van der Waals surface area (Å²) in [4.78, 5) is 11.2. The standard InChI is InChI=1S/C17H24BNO4/c1-11-8-12(17(6-7-17)21-14(19)20)10-13(9-11)18-22-15(2,3)16(4,5)23-18/h8-10H,6-7H2,1-5H3,(H2,19,20). The van der Waals surface area contributed by atoms with E-state index in [4.69, 9.17) is 19.8 Å². The van der Waals surface area contributed by atoms with Crippen molar-refractivity contribution in [3.63, 3.8) is 0 Å². The van der Waals surface area contributed by atoms with E-state index in [1.165, 1.54) is 0 Å². The predicted octanol–water partition coefficient (Wildman–Crippen LogP) is 2.38. The van der Waals surface area contributed by atoms with Crippen LogP contribution in [0.5, 0.6) is 0 Å². The van der Waals surface area contributed by atoms with Crippen molar-refractivity contribution < 1.29 is 18.8 Å². The van der Waals surface area contributed by atoms with Crippen LogP contribution in [0.4, 0.5) is 4.79 Å². The van der Waals surface area contributed by atoms with Crippen LogP contribution in [0.25, 0.3) is 0 Å². The molecule has 0 atom stereocenters. The Morgan fingerprint density at radius 2 is 1.70 bits per heavy atom. The van der Waals surface area contributed by atoms with Crippen molar-refractivity contribution in [1.82, 2.24) is 0 Å². The minimum atomic E-state index is -0.735. The first-order valence-corrected chi connectivity index (χ1v) is 8.01. The Balaban J connectivity index is 1.92. The normalized spacial score (nSPS) is 23.6. The first-order valence-electron chi connectivity index (χ1n) is 8.01. The third-order valence-corrected chi connectivity index (χ3v) is 5.15. The molecule has 0 aromatic heterocycles. The third-order valence-electron chi connectivity index (χ3n) is 5.15. The highest BCUT2D eigenvalue weighted by Gasteiger charge is 2.53. The lowest BCUT2D eigenvalue weighted by molar-refractivity contribution is 0.00578. The van der Waals surface area contributed by atoms with E-state index >= 15 is 0 Å². The molecule has 2 N–H and O–H groups in total. The molecule has 3 rings (SSSR count). The van der Waals surface area contributed by atoms with Gasteiger partial charge in [0.05, 0.1) is 11.2 Å². The van der Waals surface area contributed by atoms with Gasteiger partial charge in [-0.15, -0.1) is 0 Å². The first-order chi connectivity index (χ1) is 10.5. The molecular formula is C17H24BNO4. The summed E-state index contributed by atoms with van der Waals surface area (Å²) in [6.07, 6.45) is 0.853. The maximum atomic E-state index is 11.2. The number of benzene rings is 1. The summed E-state index contributed by atoms with van der Waals surface area (Å²) in [6, 6.07) is 6.09. The third kappa shape index (κ3) is 2.86. The number of rotatable bonds is 3. The van der Waals surface area contributed by atoms with Gasteiger partial charge in [-0.1, -0.05) is 23.8 Å². The zero-order valence-corrected chi connectivity index (χ0v) is 14.4. The van der Waals surface area contributed by atoms with Crippen molar-refractivity contribution >= 4 is 18.7 Å². The summed E-state index contributed by atoms with van der Waals surface area (Å²) < 4.78 is 17.6. The van der Waals surface area contributed by atoms with E-state index in [-0.39, 0.29) is 11.2 Å². The highest BCUT2D eigenvalue weighted by Crippen LogP contribution is 2.49. The van der Waals surface area contributed by atoms with Gasteiger partial charge in [-0.05, 0) is 58.5 Å². The molecule has 2 fully saturated rings. The Bertz CT molecular complexity index is 636. The molecule has 1 aromatic rings. The largest absolute Gasteiger partial charge is 0.494 e. The van der Waals surface area contributed by atoms with Crippen molar-refractivity contribution in [1.29, 1.82) is 0 Å². The molecule has 1 aliphatic carbocycles. The summed E-state index contributed by atoms with van der Waals surface area (Å²) in [7, 11) is -0.428. The van der Waals surface area contributed by atoms with Gasteiger partial charge in [-0.2, -0.15) is 0 Å². The molecule has 6 heteroatoms. The van der Waals surface area contributed by atoms with Crippen molar-refractivity contribution in [3.8, 4) is 0 Å². The van der Waals surface area contributed by atoms with Crippen LogP contribution in [0.2, 0.25) is 0 Å². The quantitative estimate of drug-likeness (QED) is 0.869. The second kappa shape index (κ2) is 4.98. The first kappa shape index (κ1) is 16.3. The number of carbonyl (C=O) groups is 1.